The molecular formula is C10H18N2O2. The smallest absolute Gasteiger partial charge is 0.239 e. The lowest BCUT2D eigenvalue weighted by Crippen LogP contribution is -2.57. The summed E-state index contributed by atoms with van der Waals surface area (Å²) in [6, 6.07) is 0.0827. The Morgan fingerprint density at radius 1 is 1.64 bits per heavy atom. The molecule has 1 N–H and O–H groups in total. The lowest BCUT2D eigenvalue weighted by molar-refractivity contribution is -0.139. The van der Waals surface area contributed by atoms with Gasteiger partial charge < -0.3 is 15.0 Å². The molecule has 2 rings (SSSR count). The first kappa shape index (κ1) is 9.93. The number of carbonyl (C=O) groups excluding carboxylic acids is 1. The zero-order valence-electron chi connectivity index (χ0n) is 8.66. The molecule has 2 fully saturated rings. The van der Waals surface area contributed by atoms with Gasteiger partial charge in [0.25, 0.3) is 0 Å². The lowest BCUT2D eigenvalue weighted by atomic mass is 9.87. The number of likely N-dealkylation sites (tertiary alicyclic amines) is 1. The molecule has 2 aliphatic heterocycles. The summed E-state index contributed by atoms with van der Waals surface area (Å²) < 4.78 is 5.00. The van der Waals surface area contributed by atoms with Crippen molar-refractivity contribution >= 4 is 5.91 Å². The highest BCUT2D eigenvalue weighted by Gasteiger charge is 2.36. The van der Waals surface area contributed by atoms with E-state index in [4.69, 9.17) is 4.74 Å². The van der Waals surface area contributed by atoms with Crippen LogP contribution >= 0.6 is 0 Å². The Morgan fingerprint density at radius 2 is 2.50 bits per heavy atom. The van der Waals surface area contributed by atoms with E-state index in [1.165, 1.54) is 6.42 Å². The predicted molar refractivity (Wildman–Crippen MR) is 53.0 cm³/mol. The molecule has 0 aromatic carbocycles. The number of rotatable bonds is 3. The number of methoxy groups -OCH3 is 1. The molecule has 2 atom stereocenters. The Morgan fingerprint density at radius 3 is 3.29 bits per heavy atom. The number of hydrogen-bond donors (Lipinski definition) is 1. The van der Waals surface area contributed by atoms with Crippen molar-refractivity contribution in [3.05, 3.63) is 0 Å². The van der Waals surface area contributed by atoms with Crippen LogP contribution in [0, 0.1) is 5.92 Å². The number of nitrogens with one attached hydrogen (secondary N) is 1. The van der Waals surface area contributed by atoms with E-state index < -0.39 is 0 Å². The van der Waals surface area contributed by atoms with E-state index in [1.807, 2.05) is 4.90 Å². The first-order chi connectivity index (χ1) is 6.81. The van der Waals surface area contributed by atoms with Gasteiger partial charge in [-0.25, -0.2) is 0 Å². The Bertz CT molecular complexity index is 220. The van der Waals surface area contributed by atoms with Crippen LogP contribution in [-0.4, -0.2) is 50.2 Å². The van der Waals surface area contributed by atoms with E-state index in [1.54, 1.807) is 7.11 Å². The Labute approximate surface area is 84.6 Å². The number of nitrogens with zero attached hydrogens (tertiary/aromatic N) is 1. The summed E-state index contributed by atoms with van der Waals surface area (Å²) in [5.74, 6) is 0.966. The molecule has 0 unspecified atom stereocenters. The van der Waals surface area contributed by atoms with Crippen molar-refractivity contribution in [3.8, 4) is 0 Å². The fraction of sp³-hybridized carbons (Fsp3) is 0.900. The zero-order valence-corrected chi connectivity index (χ0v) is 8.66. The van der Waals surface area contributed by atoms with Gasteiger partial charge in [0.05, 0.1) is 12.6 Å². The molecule has 0 saturated carbocycles. The molecule has 0 aromatic rings. The number of hydrogen-bond acceptors (Lipinski definition) is 3. The number of piperidine rings is 2. The summed E-state index contributed by atoms with van der Waals surface area (Å²) in [7, 11) is 1.67. The van der Waals surface area contributed by atoms with Crippen LogP contribution in [0.1, 0.15) is 12.8 Å². The van der Waals surface area contributed by atoms with Crippen LogP contribution in [-0.2, 0) is 9.53 Å². The maximum Gasteiger partial charge on any atom is 0.239 e. The third kappa shape index (κ3) is 1.91. The molecule has 4 heteroatoms. The van der Waals surface area contributed by atoms with Crippen molar-refractivity contribution in [2.75, 3.05) is 33.4 Å². The molecule has 2 bridgehead atoms. The summed E-state index contributed by atoms with van der Waals surface area (Å²) in [5.41, 5.74) is 0. The number of carbonyl (C=O) groups is 1. The van der Waals surface area contributed by atoms with E-state index in [0.29, 0.717) is 12.5 Å². The third-order valence-electron chi connectivity index (χ3n) is 3.17. The van der Waals surface area contributed by atoms with Crippen molar-refractivity contribution in [1.82, 2.24) is 10.2 Å². The third-order valence-corrected chi connectivity index (χ3v) is 3.17. The number of ether oxygens (including phenoxy) is 1. The molecule has 2 aliphatic rings. The second-order valence-electron chi connectivity index (χ2n) is 4.17. The van der Waals surface area contributed by atoms with E-state index in [2.05, 4.69) is 5.32 Å². The summed E-state index contributed by atoms with van der Waals surface area (Å²) >= 11 is 0. The Hall–Kier alpha value is -0.610. The second-order valence-corrected chi connectivity index (χ2v) is 4.17. The van der Waals surface area contributed by atoms with Gasteiger partial charge >= 0.3 is 0 Å². The molecule has 1 amide bonds. The SMILES string of the molecule is COCCN1C[C@H]2CCN[C@H](C2)C1=O. The fourth-order valence-electron chi connectivity index (χ4n) is 2.38. The summed E-state index contributed by atoms with van der Waals surface area (Å²) in [4.78, 5) is 13.8. The fourth-order valence-corrected chi connectivity index (χ4v) is 2.38. The maximum absolute atomic E-state index is 11.8. The number of fused-ring (bicyclic) bond motifs is 2. The Kier molecular flexibility index (Phi) is 3.03. The molecule has 2 saturated heterocycles. The largest absolute Gasteiger partial charge is 0.383 e. The van der Waals surface area contributed by atoms with E-state index in [0.717, 1.165) is 26.1 Å². The predicted octanol–water partition coefficient (Wildman–Crippen LogP) is -0.157. The first-order valence-electron chi connectivity index (χ1n) is 5.32. The highest BCUT2D eigenvalue weighted by atomic mass is 16.5. The second kappa shape index (κ2) is 4.28. The van der Waals surface area contributed by atoms with Crippen LogP contribution in [0.4, 0.5) is 0 Å². The lowest BCUT2D eigenvalue weighted by Gasteiger charge is -2.41. The summed E-state index contributed by atoms with van der Waals surface area (Å²) in [6.07, 6.45) is 2.23. The van der Waals surface area contributed by atoms with Crippen LogP contribution in [0.25, 0.3) is 0 Å². The van der Waals surface area contributed by atoms with Crippen LogP contribution in [0.15, 0.2) is 0 Å². The highest BCUT2D eigenvalue weighted by molar-refractivity contribution is 5.82. The van der Waals surface area contributed by atoms with Gasteiger partial charge in [-0.15, -0.1) is 0 Å². The van der Waals surface area contributed by atoms with Gasteiger partial charge in [-0.1, -0.05) is 0 Å². The standard InChI is InChI=1S/C10H18N2O2/c1-14-5-4-12-7-8-2-3-11-9(6-8)10(12)13/h8-9,11H,2-7H2,1H3/t8-,9+/m0/s1. The maximum atomic E-state index is 11.8. The van der Waals surface area contributed by atoms with Gasteiger partial charge in [0.15, 0.2) is 0 Å². The first-order valence-corrected chi connectivity index (χ1v) is 5.32. The average molecular weight is 198 g/mol. The Balaban J connectivity index is 1.94. The van der Waals surface area contributed by atoms with Crippen molar-refractivity contribution < 1.29 is 9.53 Å². The van der Waals surface area contributed by atoms with Crippen LogP contribution in [0.2, 0.25) is 0 Å². The normalized spacial score (nSPS) is 32.1. The minimum atomic E-state index is 0.0827. The molecule has 0 spiro atoms. The molecule has 80 valence electrons. The minimum Gasteiger partial charge on any atom is -0.383 e. The molecule has 2 heterocycles. The van der Waals surface area contributed by atoms with Crippen LogP contribution < -0.4 is 5.32 Å². The van der Waals surface area contributed by atoms with Gasteiger partial charge in [0, 0.05) is 20.2 Å². The molecular weight excluding hydrogens is 180 g/mol. The molecule has 0 aromatic heterocycles. The van der Waals surface area contributed by atoms with Gasteiger partial charge in [0.1, 0.15) is 0 Å². The van der Waals surface area contributed by atoms with E-state index >= 15 is 0 Å². The van der Waals surface area contributed by atoms with Gasteiger partial charge in [0.2, 0.25) is 5.91 Å². The van der Waals surface area contributed by atoms with Gasteiger partial charge in [-0.3, -0.25) is 4.79 Å². The topological polar surface area (TPSA) is 41.6 Å². The average Bonchev–Trinajstić information content (AvgIpc) is 2.22. The molecule has 14 heavy (non-hydrogen) atoms. The highest BCUT2D eigenvalue weighted by Crippen LogP contribution is 2.24. The molecule has 4 nitrogen and oxygen atoms in total. The van der Waals surface area contributed by atoms with Crippen LogP contribution in [0.3, 0.4) is 0 Å². The van der Waals surface area contributed by atoms with E-state index in [-0.39, 0.29) is 11.9 Å². The van der Waals surface area contributed by atoms with Crippen molar-refractivity contribution in [1.29, 1.82) is 0 Å². The van der Waals surface area contributed by atoms with Crippen molar-refractivity contribution in [2.24, 2.45) is 5.92 Å². The summed E-state index contributed by atoms with van der Waals surface area (Å²) in [6.45, 7) is 3.31. The van der Waals surface area contributed by atoms with Gasteiger partial charge in [-0.2, -0.15) is 0 Å². The van der Waals surface area contributed by atoms with Crippen molar-refractivity contribution in [2.45, 2.75) is 18.9 Å². The monoisotopic (exact) mass is 198 g/mol. The quantitative estimate of drug-likeness (QED) is 0.685. The van der Waals surface area contributed by atoms with E-state index in [9.17, 15) is 4.79 Å². The zero-order chi connectivity index (χ0) is 9.97. The van der Waals surface area contributed by atoms with Crippen molar-refractivity contribution in [3.63, 3.8) is 0 Å². The summed E-state index contributed by atoms with van der Waals surface area (Å²) in [5, 5.41) is 3.27. The number of amides is 1. The molecule has 0 radical (unpaired) electrons. The molecule has 0 aliphatic carbocycles. The van der Waals surface area contributed by atoms with Crippen LogP contribution in [0.5, 0.6) is 0 Å². The minimum absolute atomic E-state index is 0.0827. The van der Waals surface area contributed by atoms with Gasteiger partial charge in [-0.05, 0) is 25.3 Å².